The first-order chi connectivity index (χ1) is 10.2. The fourth-order valence-electron chi connectivity index (χ4n) is 2.05. The van der Waals surface area contributed by atoms with Gasteiger partial charge in [-0.2, -0.15) is 0 Å². The molecule has 0 aromatic heterocycles. The van der Waals surface area contributed by atoms with E-state index in [9.17, 15) is 9.59 Å². The summed E-state index contributed by atoms with van der Waals surface area (Å²) in [7, 11) is 0. The highest BCUT2D eigenvalue weighted by atomic mass is 16.6. The number of nitrogens with zero attached hydrogens (tertiary/aromatic N) is 1. The van der Waals surface area contributed by atoms with Crippen molar-refractivity contribution in [3.8, 4) is 0 Å². The molecule has 1 amide bonds. The molecule has 1 unspecified atom stereocenters. The van der Waals surface area contributed by atoms with Crippen molar-refractivity contribution in [2.24, 2.45) is 5.16 Å². The number of carboxylic acid groups (broad SMARTS) is 1. The third kappa shape index (κ3) is 4.59. The van der Waals surface area contributed by atoms with E-state index in [1.807, 2.05) is 30.3 Å². The van der Waals surface area contributed by atoms with Gasteiger partial charge in [0.15, 0.2) is 0 Å². The summed E-state index contributed by atoms with van der Waals surface area (Å²) >= 11 is 0. The van der Waals surface area contributed by atoms with Crippen molar-refractivity contribution in [1.82, 2.24) is 5.32 Å². The molecule has 1 heterocycles. The monoisotopic (exact) mass is 290 g/mol. The second-order valence-electron chi connectivity index (χ2n) is 4.84. The van der Waals surface area contributed by atoms with Gasteiger partial charge in [-0.15, -0.1) is 0 Å². The molecule has 21 heavy (non-hydrogen) atoms. The van der Waals surface area contributed by atoms with E-state index < -0.39 is 12.1 Å². The number of rotatable bonds is 7. The maximum absolute atomic E-state index is 11.9. The van der Waals surface area contributed by atoms with Crippen LogP contribution in [0.5, 0.6) is 0 Å². The average Bonchev–Trinajstić information content (AvgIpc) is 2.97. The topological polar surface area (TPSA) is 88.0 Å². The molecule has 1 aliphatic rings. The molecule has 1 atom stereocenters. The molecule has 0 spiro atoms. The number of hydrogen-bond donors (Lipinski definition) is 2. The summed E-state index contributed by atoms with van der Waals surface area (Å²) < 4.78 is 0. The van der Waals surface area contributed by atoms with Gasteiger partial charge in [0.05, 0.1) is 5.71 Å². The van der Waals surface area contributed by atoms with Gasteiger partial charge in [0.2, 0.25) is 6.10 Å². The molecule has 6 heteroatoms. The van der Waals surface area contributed by atoms with Crippen molar-refractivity contribution < 1.29 is 19.5 Å². The Balaban J connectivity index is 1.70. The Bertz CT molecular complexity index is 528. The van der Waals surface area contributed by atoms with Crippen LogP contribution < -0.4 is 5.32 Å². The Morgan fingerprint density at radius 1 is 1.29 bits per heavy atom. The zero-order valence-corrected chi connectivity index (χ0v) is 11.6. The molecular formula is C15H18N2O4. The Morgan fingerprint density at radius 3 is 2.76 bits per heavy atom. The third-order valence-corrected chi connectivity index (χ3v) is 3.18. The van der Waals surface area contributed by atoms with E-state index in [-0.39, 0.29) is 12.3 Å². The van der Waals surface area contributed by atoms with Crippen LogP contribution in [0.4, 0.5) is 0 Å². The molecule has 0 saturated heterocycles. The van der Waals surface area contributed by atoms with Crippen LogP contribution >= 0.6 is 0 Å². The molecule has 1 aromatic carbocycles. The Morgan fingerprint density at radius 2 is 2.05 bits per heavy atom. The predicted molar refractivity (Wildman–Crippen MR) is 77.0 cm³/mol. The normalized spacial score (nSPS) is 17.0. The zero-order chi connectivity index (χ0) is 15.1. The van der Waals surface area contributed by atoms with Crippen LogP contribution in [0.25, 0.3) is 0 Å². The number of hydrogen-bond acceptors (Lipinski definition) is 4. The van der Waals surface area contributed by atoms with E-state index in [1.54, 1.807) is 0 Å². The van der Waals surface area contributed by atoms with Crippen LogP contribution in [-0.2, 0) is 14.4 Å². The van der Waals surface area contributed by atoms with Crippen LogP contribution in [0.15, 0.2) is 35.5 Å². The van der Waals surface area contributed by atoms with Crippen molar-refractivity contribution in [3.05, 3.63) is 35.9 Å². The largest absolute Gasteiger partial charge is 0.481 e. The number of amides is 1. The van der Waals surface area contributed by atoms with Crippen molar-refractivity contribution in [1.29, 1.82) is 0 Å². The lowest BCUT2D eigenvalue weighted by Crippen LogP contribution is -2.35. The summed E-state index contributed by atoms with van der Waals surface area (Å²) in [5, 5.41) is 15.2. The highest BCUT2D eigenvalue weighted by Crippen LogP contribution is 2.16. The van der Waals surface area contributed by atoms with Crippen molar-refractivity contribution in [3.63, 3.8) is 0 Å². The van der Waals surface area contributed by atoms with E-state index in [0.29, 0.717) is 25.8 Å². The molecular weight excluding hydrogens is 272 g/mol. The minimum absolute atomic E-state index is 0.122. The van der Waals surface area contributed by atoms with Gasteiger partial charge < -0.3 is 15.3 Å². The van der Waals surface area contributed by atoms with Crippen LogP contribution in [-0.4, -0.2) is 35.3 Å². The summed E-state index contributed by atoms with van der Waals surface area (Å²) in [6.07, 6.45) is 1.16. The Hall–Kier alpha value is -2.37. The van der Waals surface area contributed by atoms with Crippen LogP contribution in [0.1, 0.15) is 31.2 Å². The standard InChI is InChI=1S/C15H18N2O4/c18-14(19)8-4-5-9-16-15(20)13-10-12(17-21-13)11-6-2-1-3-7-11/h1-3,6-7,13H,4-5,8-10H2,(H,16,20)(H,18,19). The molecule has 2 rings (SSSR count). The van der Waals surface area contributed by atoms with Gasteiger partial charge in [0, 0.05) is 19.4 Å². The fraction of sp³-hybridized carbons (Fsp3) is 0.400. The fourth-order valence-corrected chi connectivity index (χ4v) is 2.05. The number of nitrogens with one attached hydrogen (secondary N) is 1. The highest BCUT2D eigenvalue weighted by Gasteiger charge is 2.28. The van der Waals surface area contributed by atoms with Crippen molar-refractivity contribution >= 4 is 17.6 Å². The second kappa shape index (κ2) is 7.42. The molecule has 1 aliphatic heterocycles. The molecule has 0 aliphatic carbocycles. The number of carbonyl (C=O) groups excluding carboxylic acids is 1. The van der Waals surface area contributed by atoms with Crippen molar-refractivity contribution in [2.45, 2.75) is 31.8 Å². The molecule has 1 aromatic rings. The van der Waals surface area contributed by atoms with Gasteiger partial charge in [-0.1, -0.05) is 35.5 Å². The summed E-state index contributed by atoms with van der Waals surface area (Å²) in [4.78, 5) is 27.4. The maximum Gasteiger partial charge on any atom is 0.303 e. The Labute approximate surface area is 122 Å². The minimum Gasteiger partial charge on any atom is -0.481 e. The van der Waals surface area contributed by atoms with Crippen LogP contribution in [0, 0.1) is 0 Å². The number of carbonyl (C=O) groups is 2. The van der Waals surface area contributed by atoms with E-state index in [2.05, 4.69) is 10.5 Å². The molecule has 112 valence electrons. The molecule has 0 saturated carbocycles. The first kappa shape index (κ1) is 15.0. The smallest absolute Gasteiger partial charge is 0.303 e. The highest BCUT2D eigenvalue weighted by molar-refractivity contribution is 6.04. The van der Waals surface area contributed by atoms with Crippen LogP contribution in [0.2, 0.25) is 0 Å². The van der Waals surface area contributed by atoms with E-state index in [0.717, 1.165) is 11.3 Å². The first-order valence-corrected chi connectivity index (χ1v) is 6.94. The van der Waals surface area contributed by atoms with E-state index >= 15 is 0 Å². The van der Waals surface area contributed by atoms with Gasteiger partial charge >= 0.3 is 5.97 Å². The second-order valence-corrected chi connectivity index (χ2v) is 4.84. The Kier molecular flexibility index (Phi) is 5.31. The van der Waals surface area contributed by atoms with Crippen LogP contribution in [0.3, 0.4) is 0 Å². The third-order valence-electron chi connectivity index (χ3n) is 3.18. The van der Waals surface area contributed by atoms with Crippen molar-refractivity contribution in [2.75, 3.05) is 6.54 Å². The number of aliphatic carboxylic acids is 1. The number of carboxylic acids is 1. The quantitative estimate of drug-likeness (QED) is 0.746. The van der Waals surface area contributed by atoms with Gasteiger partial charge in [-0.25, -0.2) is 0 Å². The van der Waals surface area contributed by atoms with E-state index in [1.165, 1.54) is 0 Å². The van der Waals surface area contributed by atoms with Gasteiger partial charge in [-0.05, 0) is 18.4 Å². The lowest BCUT2D eigenvalue weighted by molar-refractivity contribution is -0.137. The molecule has 2 N–H and O–H groups in total. The molecule has 0 radical (unpaired) electrons. The summed E-state index contributed by atoms with van der Waals surface area (Å²) in [5.41, 5.74) is 1.72. The summed E-state index contributed by atoms with van der Waals surface area (Å²) in [6, 6.07) is 9.59. The number of oxime groups is 1. The van der Waals surface area contributed by atoms with E-state index in [4.69, 9.17) is 9.94 Å². The van der Waals surface area contributed by atoms with Gasteiger partial charge in [0.25, 0.3) is 5.91 Å². The van der Waals surface area contributed by atoms with Gasteiger partial charge in [0.1, 0.15) is 0 Å². The predicted octanol–water partition coefficient (Wildman–Crippen LogP) is 1.55. The molecule has 6 nitrogen and oxygen atoms in total. The zero-order valence-electron chi connectivity index (χ0n) is 11.6. The SMILES string of the molecule is O=C(O)CCCCNC(=O)C1CC(c2ccccc2)=NO1. The summed E-state index contributed by atoms with van der Waals surface area (Å²) in [5.74, 6) is -1.03. The summed E-state index contributed by atoms with van der Waals surface area (Å²) in [6.45, 7) is 0.451. The number of benzene rings is 1. The molecule has 0 bridgehead atoms. The lowest BCUT2D eigenvalue weighted by atomic mass is 10.0. The lowest BCUT2D eigenvalue weighted by Gasteiger charge is -2.09. The average molecular weight is 290 g/mol. The number of unbranched alkanes of at least 4 members (excludes halogenated alkanes) is 1. The maximum atomic E-state index is 11.9. The first-order valence-electron chi connectivity index (χ1n) is 6.94. The molecule has 0 fully saturated rings. The minimum atomic E-state index is -0.818. The van der Waals surface area contributed by atoms with Gasteiger partial charge in [-0.3, -0.25) is 9.59 Å².